The standard InChI is InChI=1S/C16H13FN4O/c1-10-3-2-4-13(9-10)18-20-15-14(19-21-16(15)22)11-5-7-12(17)8-6-11/h2-9H,1H3,(H2,19,21,22). The van der Waals surface area contributed by atoms with Crippen molar-refractivity contribution >= 4 is 11.4 Å². The topological polar surface area (TPSA) is 73.4 Å². The summed E-state index contributed by atoms with van der Waals surface area (Å²) in [4.78, 5) is 11.9. The molecule has 110 valence electrons. The molecule has 6 heteroatoms. The van der Waals surface area contributed by atoms with Gasteiger partial charge in [-0.3, -0.25) is 15.0 Å². The van der Waals surface area contributed by atoms with Crippen molar-refractivity contribution in [1.82, 2.24) is 10.2 Å². The van der Waals surface area contributed by atoms with Crippen molar-refractivity contribution in [1.29, 1.82) is 0 Å². The molecular formula is C16H13FN4O. The number of benzene rings is 2. The molecule has 0 radical (unpaired) electrons. The molecule has 0 amide bonds. The fourth-order valence-corrected chi connectivity index (χ4v) is 2.07. The van der Waals surface area contributed by atoms with Crippen molar-refractivity contribution in [3.63, 3.8) is 0 Å². The van der Waals surface area contributed by atoms with E-state index in [1.54, 1.807) is 18.2 Å². The number of halogens is 1. The molecule has 0 bridgehead atoms. The molecule has 2 N–H and O–H groups in total. The first-order valence-electron chi connectivity index (χ1n) is 6.68. The summed E-state index contributed by atoms with van der Waals surface area (Å²) in [6, 6.07) is 13.3. The Morgan fingerprint density at radius 3 is 2.50 bits per heavy atom. The van der Waals surface area contributed by atoms with Crippen molar-refractivity contribution < 1.29 is 4.39 Å². The second-order valence-corrected chi connectivity index (χ2v) is 4.85. The van der Waals surface area contributed by atoms with Gasteiger partial charge in [-0.1, -0.05) is 12.1 Å². The first kappa shape index (κ1) is 13.9. The number of nitrogens with zero attached hydrogens (tertiary/aromatic N) is 2. The SMILES string of the molecule is Cc1cccc(N=Nc2c(-c3ccc(F)cc3)[nH][nH]c2=O)c1. The quantitative estimate of drug-likeness (QED) is 0.697. The average Bonchev–Trinajstić information content (AvgIpc) is 2.87. The number of hydrogen-bond acceptors (Lipinski definition) is 3. The molecule has 3 aromatic rings. The van der Waals surface area contributed by atoms with Crippen LogP contribution in [0.25, 0.3) is 11.3 Å². The molecule has 22 heavy (non-hydrogen) atoms. The second kappa shape index (κ2) is 5.77. The minimum Gasteiger partial charge on any atom is -0.295 e. The largest absolute Gasteiger partial charge is 0.295 e. The van der Waals surface area contributed by atoms with Gasteiger partial charge in [-0.25, -0.2) is 4.39 Å². The van der Waals surface area contributed by atoms with Gasteiger partial charge < -0.3 is 0 Å². The molecule has 0 spiro atoms. The van der Waals surface area contributed by atoms with Crippen LogP contribution >= 0.6 is 0 Å². The first-order valence-corrected chi connectivity index (χ1v) is 6.68. The lowest BCUT2D eigenvalue weighted by atomic mass is 10.1. The lowest BCUT2D eigenvalue weighted by molar-refractivity contribution is 0.628. The molecule has 1 heterocycles. The Hall–Kier alpha value is -3.02. The Morgan fingerprint density at radius 2 is 1.77 bits per heavy atom. The Bertz CT molecular complexity index is 878. The highest BCUT2D eigenvalue weighted by Gasteiger charge is 2.11. The molecule has 0 aliphatic heterocycles. The third-order valence-electron chi connectivity index (χ3n) is 3.15. The number of azo groups is 1. The second-order valence-electron chi connectivity index (χ2n) is 4.85. The zero-order valence-electron chi connectivity index (χ0n) is 11.8. The lowest BCUT2D eigenvalue weighted by Gasteiger charge is -1.98. The third-order valence-corrected chi connectivity index (χ3v) is 3.15. The fourth-order valence-electron chi connectivity index (χ4n) is 2.07. The molecule has 2 aromatic carbocycles. The van der Waals surface area contributed by atoms with E-state index in [2.05, 4.69) is 20.4 Å². The number of nitrogens with one attached hydrogen (secondary N) is 2. The number of aromatic nitrogens is 2. The van der Waals surface area contributed by atoms with Crippen LogP contribution in [-0.4, -0.2) is 10.2 Å². The van der Waals surface area contributed by atoms with Gasteiger partial charge in [-0.15, -0.1) is 5.11 Å². The fraction of sp³-hybridized carbons (Fsp3) is 0.0625. The van der Waals surface area contributed by atoms with Crippen LogP contribution in [0, 0.1) is 12.7 Å². The molecule has 3 rings (SSSR count). The van der Waals surface area contributed by atoms with Crippen molar-refractivity contribution in [3.05, 3.63) is 70.3 Å². The summed E-state index contributed by atoms with van der Waals surface area (Å²) in [6.45, 7) is 1.95. The normalized spacial score (nSPS) is 11.2. The van der Waals surface area contributed by atoms with Crippen LogP contribution in [0.4, 0.5) is 15.8 Å². The van der Waals surface area contributed by atoms with Gasteiger partial charge in [0.25, 0.3) is 5.56 Å². The van der Waals surface area contributed by atoms with E-state index in [0.717, 1.165) is 5.56 Å². The molecule has 5 nitrogen and oxygen atoms in total. The maximum atomic E-state index is 13.0. The summed E-state index contributed by atoms with van der Waals surface area (Å²) in [5.41, 5.74) is 2.62. The molecule has 0 saturated heterocycles. The van der Waals surface area contributed by atoms with E-state index in [-0.39, 0.29) is 17.1 Å². The van der Waals surface area contributed by atoms with Crippen molar-refractivity contribution in [3.8, 4) is 11.3 Å². The molecule has 0 unspecified atom stereocenters. The van der Waals surface area contributed by atoms with Crippen LogP contribution in [0.2, 0.25) is 0 Å². The van der Waals surface area contributed by atoms with E-state index in [4.69, 9.17) is 0 Å². The number of rotatable bonds is 3. The van der Waals surface area contributed by atoms with E-state index < -0.39 is 0 Å². The molecule has 0 aliphatic carbocycles. The first-order chi connectivity index (χ1) is 10.6. The van der Waals surface area contributed by atoms with Crippen LogP contribution < -0.4 is 5.56 Å². The molecule has 0 aliphatic rings. The van der Waals surface area contributed by atoms with Gasteiger partial charge in [0, 0.05) is 5.56 Å². The maximum absolute atomic E-state index is 13.0. The minimum absolute atomic E-state index is 0.160. The Labute approximate surface area is 125 Å². The molecule has 1 aromatic heterocycles. The summed E-state index contributed by atoms with van der Waals surface area (Å²) in [7, 11) is 0. The zero-order valence-corrected chi connectivity index (χ0v) is 11.8. The number of hydrogen-bond donors (Lipinski definition) is 2. The van der Waals surface area contributed by atoms with Crippen molar-refractivity contribution in [2.45, 2.75) is 6.92 Å². The monoisotopic (exact) mass is 296 g/mol. The van der Waals surface area contributed by atoms with Crippen LogP contribution in [0.5, 0.6) is 0 Å². The van der Waals surface area contributed by atoms with Crippen LogP contribution in [0.15, 0.2) is 63.6 Å². The number of H-pyrrole nitrogens is 2. The highest BCUT2D eigenvalue weighted by molar-refractivity contribution is 5.71. The summed E-state index contributed by atoms with van der Waals surface area (Å²) in [6.07, 6.45) is 0. The van der Waals surface area contributed by atoms with Gasteiger partial charge in [0.2, 0.25) is 0 Å². The average molecular weight is 296 g/mol. The third kappa shape index (κ3) is 2.85. The van der Waals surface area contributed by atoms with E-state index >= 15 is 0 Å². The van der Waals surface area contributed by atoms with Gasteiger partial charge in [0.05, 0.1) is 11.4 Å². The molecule has 0 atom stereocenters. The Morgan fingerprint density at radius 1 is 1.00 bits per heavy atom. The van der Waals surface area contributed by atoms with Gasteiger partial charge >= 0.3 is 0 Å². The molecule has 0 saturated carbocycles. The van der Waals surface area contributed by atoms with Crippen LogP contribution in [0.1, 0.15) is 5.56 Å². The van der Waals surface area contributed by atoms with Gasteiger partial charge in [0.1, 0.15) is 5.82 Å². The van der Waals surface area contributed by atoms with E-state index in [1.807, 2.05) is 25.1 Å². The molecular weight excluding hydrogens is 283 g/mol. The van der Waals surface area contributed by atoms with Crippen molar-refractivity contribution in [2.24, 2.45) is 10.2 Å². The summed E-state index contributed by atoms with van der Waals surface area (Å²) >= 11 is 0. The van der Waals surface area contributed by atoms with E-state index in [0.29, 0.717) is 16.9 Å². The predicted octanol–water partition coefficient (Wildman–Crippen LogP) is 4.23. The van der Waals surface area contributed by atoms with Gasteiger partial charge in [0.15, 0.2) is 5.69 Å². The summed E-state index contributed by atoms with van der Waals surface area (Å²) in [5.74, 6) is -0.343. The highest BCUT2D eigenvalue weighted by Crippen LogP contribution is 2.26. The van der Waals surface area contributed by atoms with E-state index in [9.17, 15) is 9.18 Å². The highest BCUT2D eigenvalue weighted by atomic mass is 19.1. The maximum Gasteiger partial charge on any atom is 0.292 e. The number of aromatic amines is 2. The smallest absolute Gasteiger partial charge is 0.292 e. The van der Waals surface area contributed by atoms with Gasteiger partial charge in [-0.2, -0.15) is 5.11 Å². The minimum atomic E-state index is -0.379. The van der Waals surface area contributed by atoms with E-state index in [1.165, 1.54) is 12.1 Å². The number of aryl methyl sites for hydroxylation is 1. The predicted molar refractivity (Wildman–Crippen MR) is 82.2 cm³/mol. The summed E-state index contributed by atoms with van der Waals surface area (Å²) in [5, 5.41) is 13.3. The van der Waals surface area contributed by atoms with Crippen LogP contribution in [0.3, 0.4) is 0 Å². The Balaban J connectivity index is 1.99. The summed E-state index contributed by atoms with van der Waals surface area (Å²) < 4.78 is 13.0. The van der Waals surface area contributed by atoms with Gasteiger partial charge in [-0.05, 0) is 48.9 Å². The zero-order chi connectivity index (χ0) is 15.5. The molecule has 0 fully saturated rings. The van der Waals surface area contributed by atoms with Crippen molar-refractivity contribution in [2.75, 3.05) is 0 Å². The Kier molecular flexibility index (Phi) is 3.65. The van der Waals surface area contributed by atoms with Crippen LogP contribution in [-0.2, 0) is 0 Å². The lowest BCUT2D eigenvalue weighted by Crippen LogP contribution is -1.96.